The molecule has 22 heavy (non-hydrogen) atoms. The summed E-state index contributed by atoms with van der Waals surface area (Å²) in [6.07, 6.45) is 0.897. The van der Waals surface area contributed by atoms with Crippen LogP contribution in [0.3, 0.4) is 0 Å². The Hall–Kier alpha value is -0.950. The summed E-state index contributed by atoms with van der Waals surface area (Å²) in [5.74, 6) is 0.504. The number of rotatable bonds is 8. The highest BCUT2D eigenvalue weighted by Gasteiger charge is 2.18. The molecule has 5 nitrogen and oxygen atoms in total. The molecule has 0 amide bonds. The number of nitrogens with zero attached hydrogens (tertiary/aromatic N) is 1. The molecule has 0 fully saturated rings. The van der Waals surface area contributed by atoms with Gasteiger partial charge in [-0.05, 0) is 37.0 Å². The zero-order chi connectivity index (χ0) is 16.9. The van der Waals surface area contributed by atoms with Crippen LogP contribution in [0.5, 0.6) is 0 Å². The maximum atomic E-state index is 12.0. The van der Waals surface area contributed by atoms with E-state index in [1.807, 2.05) is 19.1 Å². The second-order valence-corrected chi connectivity index (χ2v) is 8.41. The van der Waals surface area contributed by atoms with Gasteiger partial charge in [0.25, 0.3) is 0 Å². The summed E-state index contributed by atoms with van der Waals surface area (Å²) in [6.45, 7) is 6.35. The number of aliphatic hydroxyl groups excluding tert-OH is 1. The summed E-state index contributed by atoms with van der Waals surface area (Å²) >= 11 is 0. The normalized spacial score (nSPS) is 15.3. The van der Waals surface area contributed by atoms with E-state index in [0.29, 0.717) is 5.92 Å². The summed E-state index contributed by atoms with van der Waals surface area (Å²) in [5, 5.41) is 12.8. The predicted octanol–water partition coefficient (Wildman–Crippen LogP) is 1.99. The van der Waals surface area contributed by atoms with E-state index in [1.54, 1.807) is 12.1 Å². The lowest BCUT2D eigenvalue weighted by atomic mass is 10.0. The van der Waals surface area contributed by atoms with E-state index in [-0.39, 0.29) is 23.6 Å². The minimum absolute atomic E-state index is 0.0418. The molecule has 1 rings (SSSR count). The predicted molar refractivity (Wildman–Crippen MR) is 89.2 cm³/mol. The van der Waals surface area contributed by atoms with Gasteiger partial charge in [0.1, 0.15) is 0 Å². The Morgan fingerprint density at radius 3 is 2.09 bits per heavy atom. The van der Waals surface area contributed by atoms with Gasteiger partial charge in [-0.3, -0.25) is 0 Å². The summed E-state index contributed by atoms with van der Waals surface area (Å²) in [5.41, 5.74) is 1.000. The van der Waals surface area contributed by atoms with E-state index in [2.05, 4.69) is 19.2 Å². The van der Waals surface area contributed by atoms with E-state index in [4.69, 9.17) is 0 Å². The number of nitrogens with one attached hydrogen (secondary N) is 1. The number of sulfonamides is 1. The third-order valence-electron chi connectivity index (χ3n) is 3.62. The average Bonchev–Trinajstić information content (AvgIpc) is 2.45. The van der Waals surface area contributed by atoms with Gasteiger partial charge in [0.2, 0.25) is 10.0 Å². The molecule has 126 valence electrons. The first-order chi connectivity index (χ1) is 10.2. The zero-order valence-corrected chi connectivity index (χ0v) is 14.9. The van der Waals surface area contributed by atoms with E-state index in [9.17, 15) is 13.5 Å². The average molecular weight is 328 g/mol. The number of aliphatic hydroxyl groups is 1. The minimum atomic E-state index is -3.39. The Balaban J connectivity index is 2.82. The van der Waals surface area contributed by atoms with Crippen LogP contribution in [-0.4, -0.2) is 44.6 Å². The van der Waals surface area contributed by atoms with Crippen molar-refractivity contribution in [2.75, 3.05) is 20.7 Å². The summed E-state index contributed by atoms with van der Waals surface area (Å²) in [4.78, 5) is 0.286. The molecule has 0 radical (unpaired) electrons. The second-order valence-electron chi connectivity index (χ2n) is 6.25. The Morgan fingerprint density at radius 2 is 1.68 bits per heavy atom. The zero-order valence-electron chi connectivity index (χ0n) is 14.1. The Morgan fingerprint density at radius 1 is 1.14 bits per heavy atom. The van der Waals surface area contributed by atoms with Crippen LogP contribution in [0.1, 0.15) is 38.8 Å². The Bertz CT molecular complexity index is 553. The van der Waals surface area contributed by atoms with Crippen molar-refractivity contribution in [1.29, 1.82) is 0 Å². The molecule has 0 saturated heterocycles. The van der Waals surface area contributed by atoms with Crippen molar-refractivity contribution in [3.63, 3.8) is 0 Å². The van der Waals surface area contributed by atoms with E-state index in [0.717, 1.165) is 12.0 Å². The van der Waals surface area contributed by atoms with E-state index in [1.165, 1.54) is 18.4 Å². The van der Waals surface area contributed by atoms with Crippen molar-refractivity contribution >= 4 is 10.0 Å². The lowest BCUT2D eigenvalue weighted by molar-refractivity contribution is 0.215. The maximum Gasteiger partial charge on any atom is 0.242 e. The molecule has 0 aliphatic heterocycles. The van der Waals surface area contributed by atoms with Crippen LogP contribution in [0.15, 0.2) is 29.2 Å². The van der Waals surface area contributed by atoms with Crippen molar-refractivity contribution in [2.45, 2.75) is 44.2 Å². The quantitative estimate of drug-likeness (QED) is 0.766. The third-order valence-corrected chi connectivity index (χ3v) is 5.45. The molecule has 0 aliphatic carbocycles. The van der Waals surface area contributed by atoms with Gasteiger partial charge >= 0.3 is 0 Å². The molecular formula is C16H28N2O3S. The van der Waals surface area contributed by atoms with Crippen LogP contribution < -0.4 is 5.32 Å². The first-order valence-electron chi connectivity index (χ1n) is 7.57. The van der Waals surface area contributed by atoms with Crippen LogP contribution >= 0.6 is 0 Å². The first kappa shape index (κ1) is 19.1. The molecular weight excluding hydrogens is 300 g/mol. The van der Waals surface area contributed by atoms with Crippen LogP contribution in [-0.2, 0) is 10.0 Å². The Kier molecular flexibility index (Phi) is 6.99. The van der Waals surface area contributed by atoms with Gasteiger partial charge in [-0.15, -0.1) is 0 Å². The topological polar surface area (TPSA) is 69.6 Å². The van der Waals surface area contributed by atoms with E-state index < -0.39 is 10.0 Å². The molecule has 2 atom stereocenters. The summed E-state index contributed by atoms with van der Waals surface area (Å²) in [6, 6.07) is 6.97. The van der Waals surface area contributed by atoms with E-state index >= 15 is 0 Å². The second kappa shape index (κ2) is 8.06. The molecule has 2 unspecified atom stereocenters. The first-order valence-corrected chi connectivity index (χ1v) is 9.01. The van der Waals surface area contributed by atoms with Gasteiger partial charge in [-0.2, -0.15) is 0 Å². The highest BCUT2D eigenvalue weighted by atomic mass is 32.2. The molecule has 0 bridgehead atoms. The summed E-state index contributed by atoms with van der Waals surface area (Å²) in [7, 11) is -0.352. The number of hydrogen-bond donors (Lipinski definition) is 2. The number of hydrogen-bond acceptors (Lipinski definition) is 4. The fourth-order valence-corrected chi connectivity index (χ4v) is 3.26. The molecule has 6 heteroatoms. The van der Waals surface area contributed by atoms with Crippen molar-refractivity contribution in [1.82, 2.24) is 9.62 Å². The lowest BCUT2D eigenvalue weighted by Gasteiger charge is -2.23. The molecule has 0 aliphatic rings. The largest absolute Gasteiger partial charge is 0.395 e. The summed E-state index contributed by atoms with van der Waals surface area (Å²) < 4.78 is 25.3. The van der Waals surface area contributed by atoms with Crippen molar-refractivity contribution < 1.29 is 13.5 Å². The number of benzene rings is 1. The standard InChI is InChI=1S/C16H28N2O3S/c1-12(2)10-15(11-19)17-13(3)14-6-8-16(9-7-14)22(20,21)18(4)5/h6-9,12-13,15,17,19H,10-11H2,1-5H3. The highest BCUT2D eigenvalue weighted by molar-refractivity contribution is 7.89. The fraction of sp³-hybridized carbons (Fsp3) is 0.625. The fourth-order valence-electron chi connectivity index (χ4n) is 2.35. The van der Waals surface area contributed by atoms with Gasteiger partial charge in [0.05, 0.1) is 11.5 Å². The molecule has 1 aromatic carbocycles. The van der Waals surface area contributed by atoms with Gasteiger partial charge in [-0.1, -0.05) is 26.0 Å². The highest BCUT2D eigenvalue weighted by Crippen LogP contribution is 2.19. The van der Waals surface area contributed by atoms with Gasteiger partial charge in [0, 0.05) is 26.2 Å². The van der Waals surface area contributed by atoms with Crippen LogP contribution in [0.2, 0.25) is 0 Å². The Labute approximate surface area is 134 Å². The smallest absolute Gasteiger partial charge is 0.242 e. The maximum absolute atomic E-state index is 12.0. The lowest BCUT2D eigenvalue weighted by Crippen LogP contribution is -2.35. The molecule has 0 aromatic heterocycles. The third kappa shape index (κ3) is 5.05. The van der Waals surface area contributed by atoms with Crippen LogP contribution in [0.25, 0.3) is 0 Å². The molecule has 0 spiro atoms. The molecule has 1 aromatic rings. The van der Waals surface area contributed by atoms with Crippen molar-refractivity contribution in [3.05, 3.63) is 29.8 Å². The monoisotopic (exact) mass is 328 g/mol. The van der Waals surface area contributed by atoms with Crippen molar-refractivity contribution in [2.24, 2.45) is 5.92 Å². The molecule has 0 heterocycles. The SMILES string of the molecule is CC(C)CC(CO)NC(C)c1ccc(S(=O)(=O)N(C)C)cc1. The van der Waals surface area contributed by atoms with Gasteiger partial charge in [0.15, 0.2) is 0 Å². The van der Waals surface area contributed by atoms with Crippen molar-refractivity contribution in [3.8, 4) is 0 Å². The molecule has 2 N–H and O–H groups in total. The minimum Gasteiger partial charge on any atom is -0.395 e. The molecule has 0 saturated carbocycles. The van der Waals surface area contributed by atoms with Gasteiger partial charge in [-0.25, -0.2) is 12.7 Å². The van der Waals surface area contributed by atoms with Crippen LogP contribution in [0.4, 0.5) is 0 Å². The van der Waals surface area contributed by atoms with Crippen LogP contribution in [0, 0.1) is 5.92 Å². The van der Waals surface area contributed by atoms with Gasteiger partial charge < -0.3 is 10.4 Å².